The van der Waals surface area contributed by atoms with E-state index in [-0.39, 0.29) is 11.7 Å². The molecule has 0 saturated carbocycles. The number of hydrogen-bond donors (Lipinski definition) is 2. The van der Waals surface area contributed by atoms with Crippen LogP contribution in [0.4, 0.5) is 5.69 Å². The molecule has 2 N–H and O–H groups in total. The number of nitrogens with one attached hydrogen (secondary N) is 2. The van der Waals surface area contributed by atoms with E-state index in [4.69, 9.17) is 21.1 Å². The number of carbonyl (C=O) groups excluding carboxylic acids is 2. The van der Waals surface area contributed by atoms with E-state index < -0.39 is 5.91 Å². The minimum absolute atomic E-state index is 0.145. The van der Waals surface area contributed by atoms with Crippen LogP contribution in [0.15, 0.2) is 72.5 Å². The molecule has 6 nitrogen and oxygen atoms in total. The Bertz CT molecular complexity index is 1170. The number of carbonyl (C=O) groups is 2. The number of anilines is 1. The quantitative estimate of drug-likeness (QED) is 0.573. The van der Waals surface area contributed by atoms with Crippen LogP contribution in [0.3, 0.4) is 0 Å². The second kappa shape index (κ2) is 8.93. The Morgan fingerprint density at radius 1 is 1.13 bits per heavy atom. The summed E-state index contributed by atoms with van der Waals surface area (Å²) >= 11 is 5.99. The zero-order valence-electron chi connectivity index (χ0n) is 16.6. The second-order valence-corrected chi connectivity index (χ2v) is 7.30. The SMILES string of the molecule is COc1ccc(CNC(=O)c2ccc3c(c2)NC(=O)/C(=C/c2cccc(Cl)c2)O3)cc1. The Labute approximate surface area is 184 Å². The van der Waals surface area contributed by atoms with E-state index in [0.29, 0.717) is 28.6 Å². The highest BCUT2D eigenvalue weighted by Gasteiger charge is 2.23. The number of methoxy groups -OCH3 is 1. The molecule has 4 rings (SSSR count). The lowest BCUT2D eigenvalue weighted by molar-refractivity contribution is -0.115. The Morgan fingerprint density at radius 2 is 1.94 bits per heavy atom. The third-order valence-electron chi connectivity index (χ3n) is 4.69. The standard InChI is InChI=1S/C24H19ClN2O4/c1-30-19-8-5-15(6-9-19)14-26-23(28)17-7-10-21-20(13-17)27-24(29)22(31-21)12-16-3-2-4-18(25)11-16/h2-13H,14H2,1H3,(H,26,28)(H,27,29)/b22-12-. The van der Waals surface area contributed by atoms with Crippen molar-refractivity contribution < 1.29 is 19.1 Å². The van der Waals surface area contributed by atoms with Gasteiger partial charge < -0.3 is 20.1 Å². The van der Waals surface area contributed by atoms with Crippen LogP contribution in [0, 0.1) is 0 Å². The normalized spacial score (nSPS) is 13.7. The summed E-state index contributed by atoms with van der Waals surface area (Å²) in [6, 6.07) is 19.4. The fraction of sp³-hybridized carbons (Fsp3) is 0.0833. The van der Waals surface area contributed by atoms with Crippen molar-refractivity contribution in [1.82, 2.24) is 5.32 Å². The molecule has 7 heteroatoms. The molecule has 1 aliphatic heterocycles. The van der Waals surface area contributed by atoms with Crippen molar-refractivity contribution in [1.29, 1.82) is 0 Å². The van der Waals surface area contributed by atoms with E-state index >= 15 is 0 Å². The van der Waals surface area contributed by atoms with Gasteiger partial charge >= 0.3 is 0 Å². The molecule has 0 aliphatic carbocycles. The largest absolute Gasteiger partial charge is 0.497 e. The van der Waals surface area contributed by atoms with Gasteiger partial charge in [0.1, 0.15) is 5.75 Å². The lowest BCUT2D eigenvalue weighted by Crippen LogP contribution is -2.25. The third-order valence-corrected chi connectivity index (χ3v) is 4.93. The summed E-state index contributed by atoms with van der Waals surface area (Å²) in [7, 11) is 1.60. The molecule has 3 aromatic carbocycles. The average molecular weight is 435 g/mol. The van der Waals surface area contributed by atoms with Crippen molar-refractivity contribution in [3.8, 4) is 11.5 Å². The van der Waals surface area contributed by atoms with Crippen LogP contribution < -0.4 is 20.1 Å². The number of amides is 2. The number of benzene rings is 3. The molecule has 0 spiro atoms. The van der Waals surface area contributed by atoms with Crippen LogP contribution in [0.2, 0.25) is 5.02 Å². The number of hydrogen-bond acceptors (Lipinski definition) is 4. The van der Waals surface area contributed by atoms with Gasteiger partial charge in [-0.15, -0.1) is 0 Å². The Kier molecular flexibility index (Phi) is 5.91. The van der Waals surface area contributed by atoms with Crippen LogP contribution in [-0.4, -0.2) is 18.9 Å². The van der Waals surface area contributed by atoms with Crippen molar-refractivity contribution in [2.45, 2.75) is 6.54 Å². The minimum Gasteiger partial charge on any atom is -0.497 e. The highest BCUT2D eigenvalue weighted by molar-refractivity contribution is 6.30. The first-order valence-electron chi connectivity index (χ1n) is 9.53. The molecule has 1 heterocycles. The lowest BCUT2D eigenvalue weighted by Gasteiger charge is -2.20. The van der Waals surface area contributed by atoms with E-state index in [9.17, 15) is 9.59 Å². The van der Waals surface area contributed by atoms with E-state index in [1.807, 2.05) is 30.3 Å². The van der Waals surface area contributed by atoms with Crippen LogP contribution in [0.5, 0.6) is 11.5 Å². The molecule has 0 aromatic heterocycles. The topological polar surface area (TPSA) is 76.7 Å². The van der Waals surface area contributed by atoms with Crippen LogP contribution in [0.1, 0.15) is 21.5 Å². The summed E-state index contributed by atoms with van der Waals surface area (Å²) < 4.78 is 10.9. The molecule has 2 amide bonds. The lowest BCUT2D eigenvalue weighted by atomic mass is 10.1. The molecule has 0 atom stereocenters. The Balaban J connectivity index is 1.46. The Morgan fingerprint density at radius 3 is 2.68 bits per heavy atom. The third kappa shape index (κ3) is 4.87. The first-order chi connectivity index (χ1) is 15.0. The van der Waals surface area contributed by atoms with Gasteiger partial charge in [-0.2, -0.15) is 0 Å². The molecule has 1 aliphatic rings. The van der Waals surface area contributed by atoms with Crippen LogP contribution in [0.25, 0.3) is 6.08 Å². The molecule has 0 bridgehead atoms. The monoisotopic (exact) mass is 434 g/mol. The molecule has 0 unspecified atom stereocenters. The highest BCUT2D eigenvalue weighted by Crippen LogP contribution is 2.32. The number of halogens is 1. The zero-order valence-corrected chi connectivity index (χ0v) is 17.4. The van der Waals surface area contributed by atoms with Gasteiger partial charge in [0.15, 0.2) is 11.5 Å². The fourth-order valence-corrected chi connectivity index (χ4v) is 3.28. The molecule has 0 saturated heterocycles. The van der Waals surface area contributed by atoms with Crippen molar-refractivity contribution >= 4 is 35.2 Å². The minimum atomic E-state index is -0.400. The number of ether oxygens (including phenoxy) is 2. The molecule has 0 radical (unpaired) electrons. The molecule has 3 aromatic rings. The van der Waals surface area contributed by atoms with Gasteiger partial charge in [0.05, 0.1) is 12.8 Å². The zero-order chi connectivity index (χ0) is 21.8. The van der Waals surface area contributed by atoms with E-state index in [1.165, 1.54) is 0 Å². The first kappa shape index (κ1) is 20.5. The number of rotatable bonds is 5. The van der Waals surface area contributed by atoms with Crippen LogP contribution in [-0.2, 0) is 11.3 Å². The molecule has 31 heavy (non-hydrogen) atoms. The van der Waals surface area contributed by atoms with Crippen molar-refractivity contribution in [2.24, 2.45) is 0 Å². The predicted molar refractivity (Wildman–Crippen MR) is 119 cm³/mol. The van der Waals surface area contributed by atoms with Gasteiger partial charge in [0.25, 0.3) is 11.8 Å². The van der Waals surface area contributed by atoms with Gasteiger partial charge in [-0.3, -0.25) is 9.59 Å². The van der Waals surface area contributed by atoms with Crippen molar-refractivity contribution in [3.63, 3.8) is 0 Å². The van der Waals surface area contributed by atoms with Crippen molar-refractivity contribution in [2.75, 3.05) is 12.4 Å². The maximum absolute atomic E-state index is 12.5. The van der Waals surface area contributed by atoms with E-state index in [1.54, 1.807) is 49.6 Å². The molecule has 0 fully saturated rings. The summed E-state index contributed by atoms with van der Waals surface area (Å²) in [5.41, 5.74) is 2.54. The van der Waals surface area contributed by atoms with Crippen LogP contribution >= 0.6 is 11.6 Å². The molecule has 156 valence electrons. The van der Waals surface area contributed by atoms with Gasteiger partial charge in [0, 0.05) is 17.1 Å². The van der Waals surface area contributed by atoms with E-state index in [0.717, 1.165) is 16.9 Å². The summed E-state index contributed by atoms with van der Waals surface area (Å²) in [6.07, 6.45) is 1.61. The summed E-state index contributed by atoms with van der Waals surface area (Å²) in [5.74, 6) is 0.701. The van der Waals surface area contributed by atoms with E-state index in [2.05, 4.69) is 10.6 Å². The smallest absolute Gasteiger partial charge is 0.291 e. The average Bonchev–Trinajstić information content (AvgIpc) is 2.78. The summed E-state index contributed by atoms with van der Waals surface area (Å²) in [5, 5.41) is 6.19. The maximum Gasteiger partial charge on any atom is 0.291 e. The summed E-state index contributed by atoms with van der Waals surface area (Å²) in [6.45, 7) is 0.370. The maximum atomic E-state index is 12.5. The van der Waals surface area contributed by atoms with Gasteiger partial charge in [-0.1, -0.05) is 35.9 Å². The second-order valence-electron chi connectivity index (χ2n) is 6.86. The first-order valence-corrected chi connectivity index (χ1v) is 9.91. The van der Waals surface area contributed by atoms with Gasteiger partial charge in [-0.05, 0) is 59.7 Å². The molecular formula is C24H19ClN2O4. The highest BCUT2D eigenvalue weighted by atomic mass is 35.5. The predicted octanol–water partition coefficient (Wildman–Crippen LogP) is 4.65. The fourth-order valence-electron chi connectivity index (χ4n) is 3.08. The summed E-state index contributed by atoms with van der Waals surface area (Å²) in [4.78, 5) is 25.0. The number of fused-ring (bicyclic) bond motifs is 1. The van der Waals surface area contributed by atoms with Gasteiger partial charge in [-0.25, -0.2) is 0 Å². The Hall–Kier alpha value is -3.77. The van der Waals surface area contributed by atoms with Gasteiger partial charge in [0.2, 0.25) is 0 Å². The molecular weight excluding hydrogens is 416 g/mol. The van der Waals surface area contributed by atoms with Crippen molar-refractivity contribution in [3.05, 3.63) is 94.2 Å².